The number of methoxy groups -OCH3 is 1. The van der Waals surface area contributed by atoms with E-state index in [4.69, 9.17) is 14.2 Å². The van der Waals surface area contributed by atoms with E-state index < -0.39 is 0 Å². The van der Waals surface area contributed by atoms with Crippen LogP contribution in [-0.2, 0) is 24.1 Å². The van der Waals surface area contributed by atoms with Crippen molar-refractivity contribution in [1.29, 1.82) is 0 Å². The van der Waals surface area contributed by atoms with Crippen molar-refractivity contribution in [1.82, 2.24) is 0 Å². The quantitative estimate of drug-likeness (QED) is 0.792. The van der Waals surface area contributed by atoms with Crippen molar-refractivity contribution < 1.29 is 19.0 Å². The van der Waals surface area contributed by atoms with E-state index in [-0.39, 0.29) is 12.2 Å². The Hall–Kier alpha value is -1.71. The Morgan fingerprint density at radius 1 is 1.15 bits per heavy atom. The molecular weight excluding hydrogens is 256 g/mol. The maximum Gasteiger partial charge on any atom is 0.168 e. The minimum Gasteiger partial charge on any atom is -0.492 e. The zero-order valence-corrected chi connectivity index (χ0v) is 12.2. The highest BCUT2D eigenvalue weighted by molar-refractivity contribution is 5.66. The van der Waals surface area contributed by atoms with E-state index in [1.54, 1.807) is 7.11 Å². The molecule has 0 aliphatic carbocycles. The van der Waals surface area contributed by atoms with Crippen LogP contribution in [0.15, 0.2) is 0 Å². The van der Waals surface area contributed by atoms with Crippen molar-refractivity contribution in [2.75, 3.05) is 7.11 Å². The molecule has 0 aromatic heterocycles. The van der Waals surface area contributed by atoms with Crippen LogP contribution < -0.4 is 14.2 Å². The molecule has 0 fully saturated rings. The maximum atomic E-state index is 10.7. The summed E-state index contributed by atoms with van der Waals surface area (Å²) in [6.45, 7) is 4.11. The van der Waals surface area contributed by atoms with Gasteiger partial charge in [0, 0.05) is 36.0 Å². The van der Waals surface area contributed by atoms with E-state index >= 15 is 0 Å². The van der Waals surface area contributed by atoms with Gasteiger partial charge in [0.15, 0.2) is 11.5 Å². The lowest BCUT2D eigenvalue weighted by Crippen LogP contribution is -2.08. The van der Waals surface area contributed by atoms with E-state index in [2.05, 4.69) is 13.8 Å². The van der Waals surface area contributed by atoms with E-state index in [1.807, 2.05) is 0 Å². The number of carbonyl (C=O) groups excluding carboxylic acids is 1. The topological polar surface area (TPSA) is 44.8 Å². The van der Waals surface area contributed by atoms with Gasteiger partial charge >= 0.3 is 0 Å². The van der Waals surface area contributed by atoms with Gasteiger partial charge in [0.05, 0.1) is 7.11 Å². The molecule has 0 saturated carbocycles. The number of hydrogen-bond donors (Lipinski definition) is 0. The van der Waals surface area contributed by atoms with Crippen molar-refractivity contribution in [2.24, 2.45) is 0 Å². The first-order valence-corrected chi connectivity index (χ1v) is 7.17. The highest BCUT2D eigenvalue weighted by atomic mass is 16.5. The van der Waals surface area contributed by atoms with Gasteiger partial charge < -0.3 is 19.0 Å². The van der Waals surface area contributed by atoms with Gasteiger partial charge in [-0.05, 0) is 20.3 Å². The molecule has 108 valence electrons. The molecule has 2 atom stereocenters. The van der Waals surface area contributed by atoms with Crippen molar-refractivity contribution in [3.8, 4) is 17.2 Å². The molecule has 2 aliphatic heterocycles. The van der Waals surface area contributed by atoms with Gasteiger partial charge in [-0.1, -0.05) is 0 Å². The summed E-state index contributed by atoms with van der Waals surface area (Å²) in [5.74, 6) is 2.60. The zero-order valence-electron chi connectivity index (χ0n) is 12.2. The number of fused-ring (bicyclic) bond motifs is 2. The Labute approximate surface area is 119 Å². The third-order valence-electron chi connectivity index (χ3n) is 4.00. The van der Waals surface area contributed by atoms with Gasteiger partial charge in [-0.25, -0.2) is 0 Å². The molecule has 2 unspecified atom stereocenters. The van der Waals surface area contributed by atoms with E-state index in [9.17, 15) is 4.79 Å². The predicted octanol–water partition coefficient (Wildman–Crippen LogP) is 2.47. The molecule has 0 bridgehead atoms. The van der Waals surface area contributed by atoms with Crippen LogP contribution in [0.4, 0.5) is 0 Å². The second kappa shape index (κ2) is 5.00. The van der Waals surface area contributed by atoms with Gasteiger partial charge in [-0.2, -0.15) is 0 Å². The lowest BCUT2D eigenvalue weighted by Gasteiger charge is -2.16. The Morgan fingerprint density at radius 2 is 1.80 bits per heavy atom. The van der Waals surface area contributed by atoms with Gasteiger partial charge in [-0.15, -0.1) is 0 Å². The van der Waals surface area contributed by atoms with Crippen molar-refractivity contribution in [2.45, 2.75) is 51.7 Å². The Bertz CT molecular complexity index is 511. The standard InChI is InChI=1S/C16H20O4/c1-9-7-12-11(5-4-6-17)14-13(8-10(2)19-14)15(18-3)16(12)20-9/h6,9-10H,4-5,7-8H2,1-3H3. The van der Waals surface area contributed by atoms with Gasteiger partial charge in [0.2, 0.25) is 0 Å². The molecule has 2 aliphatic rings. The number of hydrogen-bond acceptors (Lipinski definition) is 4. The van der Waals surface area contributed by atoms with Crippen LogP contribution >= 0.6 is 0 Å². The molecule has 1 aromatic carbocycles. The molecule has 2 heterocycles. The minimum atomic E-state index is 0.147. The molecule has 4 nitrogen and oxygen atoms in total. The fourth-order valence-corrected chi connectivity index (χ4v) is 3.25. The van der Waals surface area contributed by atoms with Gasteiger partial charge in [0.25, 0.3) is 0 Å². The number of ether oxygens (including phenoxy) is 3. The second-order valence-corrected chi connectivity index (χ2v) is 5.60. The summed E-state index contributed by atoms with van der Waals surface area (Å²) in [7, 11) is 1.68. The molecule has 0 saturated heterocycles. The first-order valence-electron chi connectivity index (χ1n) is 7.17. The summed E-state index contributed by atoms with van der Waals surface area (Å²) in [6, 6.07) is 0. The highest BCUT2D eigenvalue weighted by Crippen LogP contribution is 2.51. The fourth-order valence-electron chi connectivity index (χ4n) is 3.25. The Morgan fingerprint density at radius 3 is 2.45 bits per heavy atom. The molecule has 0 amide bonds. The van der Waals surface area contributed by atoms with Crippen molar-refractivity contribution >= 4 is 6.29 Å². The van der Waals surface area contributed by atoms with Gasteiger partial charge in [0.1, 0.15) is 24.2 Å². The van der Waals surface area contributed by atoms with Crippen LogP contribution in [0.2, 0.25) is 0 Å². The molecule has 4 heteroatoms. The summed E-state index contributed by atoms with van der Waals surface area (Å²) in [5, 5.41) is 0. The first-order chi connectivity index (χ1) is 9.65. The SMILES string of the molecule is COc1c2c(c(CCC=O)c3c1OC(C)C3)OC(C)C2. The Balaban J connectivity index is 2.17. The molecule has 0 radical (unpaired) electrons. The molecule has 0 spiro atoms. The summed E-state index contributed by atoms with van der Waals surface area (Å²) >= 11 is 0. The number of rotatable bonds is 4. The highest BCUT2D eigenvalue weighted by Gasteiger charge is 2.35. The summed E-state index contributed by atoms with van der Waals surface area (Å²) in [4.78, 5) is 10.7. The summed E-state index contributed by atoms with van der Waals surface area (Å²) in [6.07, 6.45) is 4.16. The third kappa shape index (κ3) is 1.94. The molecular formula is C16H20O4. The van der Waals surface area contributed by atoms with Crippen LogP contribution in [0, 0.1) is 0 Å². The third-order valence-corrected chi connectivity index (χ3v) is 4.00. The van der Waals surface area contributed by atoms with Crippen LogP contribution in [0.25, 0.3) is 0 Å². The summed E-state index contributed by atoms with van der Waals surface area (Å²) < 4.78 is 17.5. The minimum absolute atomic E-state index is 0.147. The summed E-state index contributed by atoms with van der Waals surface area (Å²) in [5.41, 5.74) is 3.38. The average Bonchev–Trinajstić information content (AvgIpc) is 2.96. The molecule has 3 rings (SSSR count). The van der Waals surface area contributed by atoms with Crippen molar-refractivity contribution in [3.63, 3.8) is 0 Å². The van der Waals surface area contributed by atoms with Crippen LogP contribution in [0.1, 0.15) is 37.0 Å². The number of aldehydes is 1. The fraction of sp³-hybridized carbons (Fsp3) is 0.562. The van der Waals surface area contributed by atoms with E-state index in [1.165, 1.54) is 0 Å². The lowest BCUT2D eigenvalue weighted by molar-refractivity contribution is -0.107. The number of benzene rings is 1. The van der Waals surface area contributed by atoms with Crippen LogP contribution in [0.3, 0.4) is 0 Å². The average molecular weight is 276 g/mol. The largest absolute Gasteiger partial charge is 0.492 e. The smallest absolute Gasteiger partial charge is 0.168 e. The first kappa shape index (κ1) is 13.3. The zero-order chi connectivity index (χ0) is 14.3. The number of carbonyl (C=O) groups is 1. The van der Waals surface area contributed by atoms with E-state index in [0.717, 1.165) is 53.1 Å². The van der Waals surface area contributed by atoms with Gasteiger partial charge in [-0.3, -0.25) is 0 Å². The maximum absolute atomic E-state index is 10.7. The predicted molar refractivity (Wildman–Crippen MR) is 75.0 cm³/mol. The monoisotopic (exact) mass is 276 g/mol. The van der Waals surface area contributed by atoms with Crippen LogP contribution in [0.5, 0.6) is 17.2 Å². The van der Waals surface area contributed by atoms with E-state index in [0.29, 0.717) is 12.8 Å². The normalized spacial score (nSPS) is 22.8. The molecule has 0 N–H and O–H groups in total. The van der Waals surface area contributed by atoms with Crippen LogP contribution in [-0.4, -0.2) is 25.6 Å². The molecule has 1 aromatic rings. The molecule has 20 heavy (non-hydrogen) atoms. The Kier molecular flexibility index (Phi) is 3.32. The second-order valence-electron chi connectivity index (χ2n) is 5.60. The van der Waals surface area contributed by atoms with Crippen molar-refractivity contribution in [3.05, 3.63) is 16.7 Å². The lowest BCUT2D eigenvalue weighted by atomic mass is 9.94.